The molecule has 0 atom stereocenters. The van der Waals surface area contributed by atoms with Crippen molar-refractivity contribution in [3.8, 4) is 11.3 Å². The lowest BCUT2D eigenvalue weighted by atomic mass is 10.1. The number of aromatic nitrogens is 2. The van der Waals surface area contributed by atoms with Crippen LogP contribution in [0.2, 0.25) is 0 Å². The molecule has 1 aromatic carbocycles. The van der Waals surface area contributed by atoms with E-state index in [9.17, 15) is 0 Å². The molecule has 4 heteroatoms. The number of nitrogens with zero attached hydrogens (tertiary/aromatic N) is 2. The van der Waals surface area contributed by atoms with Crippen LogP contribution < -0.4 is 5.32 Å². The summed E-state index contributed by atoms with van der Waals surface area (Å²) in [6.07, 6.45) is 8.79. The molecule has 0 aliphatic rings. The summed E-state index contributed by atoms with van der Waals surface area (Å²) in [7, 11) is 0. The topological polar surface area (TPSA) is 53.1 Å². The average molecular weight is 284 g/mol. The molecule has 2 N–H and O–H groups in total. The minimum atomic E-state index is 0.930. The highest BCUT2D eigenvalue weighted by atomic mass is 14.9. The molecule has 0 spiro atoms. The highest BCUT2D eigenvalue weighted by molar-refractivity contribution is 5.65. The fraction of sp³-hybridized carbons (Fsp3) is 0.412. The predicted octanol–water partition coefficient (Wildman–Crippen LogP) is 4.21. The van der Waals surface area contributed by atoms with Crippen LogP contribution in [-0.4, -0.2) is 22.9 Å². The van der Waals surface area contributed by atoms with Gasteiger partial charge in [0.2, 0.25) is 0 Å². The Bertz CT molecular complexity index is 554. The Morgan fingerprint density at radius 3 is 2.67 bits per heavy atom. The van der Waals surface area contributed by atoms with Crippen molar-refractivity contribution < 1.29 is 0 Å². The van der Waals surface area contributed by atoms with E-state index in [1.165, 1.54) is 25.7 Å². The third-order valence-electron chi connectivity index (χ3n) is 3.35. The summed E-state index contributed by atoms with van der Waals surface area (Å²) in [6, 6.07) is 8.11. The van der Waals surface area contributed by atoms with E-state index >= 15 is 0 Å². The number of H-pyrrole nitrogens is 1. The summed E-state index contributed by atoms with van der Waals surface area (Å²) in [6.45, 7) is 5.17. The highest BCUT2D eigenvalue weighted by Crippen LogP contribution is 2.20. The molecule has 0 saturated carbocycles. The summed E-state index contributed by atoms with van der Waals surface area (Å²) in [5.74, 6) is 0.930. The van der Waals surface area contributed by atoms with Gasteiger partial charge in [0.15, 0.2) is 0 Å². The number of rotatable bonds is 8. The standard InChI is InChI=1S/C17H24N4/c1-3-4-5-6-11-18-13-20-16-9-7-15(8-10-16)17-12-19-14(2)21-17/h7-10,12-13H,3-6,11H2,1-2H3,(H,18,20)(H,19,21). The Morgan fingerprint density at radius 1 is 1.19 bits per heavy atom. The van der Waals surface area contributed by atoms with Crippen LogP contribution in [0.25, 0.3) is 11.3 Å². The molecule has 0 radical (unpaired) electrons. The average Bonchev–Trinajstić information content (AvgIpc) is 2.93. The van der Waals surface area contributed by atoms with Crippen LogP contribution in [0.5, 0.6) is 0 Å². The molecular weight excluding hydrogens is 260 g/mol. The van der Waals surface area contributed by atoms with Crippen LogP contribution in [0, 0.1) is 6.92 Å². The number of imidazole rings is 1. The summed E-state index contributed by atoms with van der Waals surface area (Å²) in [5, 5.41) is 3.23. The number of aromatic amines is 1. The number of hydrogen-bond donors (Lipinski definition) is 2. The molecule has 0 aliphatic carbocycles. The molecular formula is C17H24N4. The lowest BCUT2D eigenvalue weighted by molar-refractivity contribution is 0.656. The van der Waals surface area contributed by atoms with Crippen molar-refractivity contribution in [1.29, 1.82) is 0 Å². The number of unbranched alkanes of at least 4 members (excludes halogenated alkanes) is 3. The van der Waals surface area contributed by atoms with Crippen molar-refractivity contribution >= 4 is 12.0 Å². The maximum Gasteiger partial charge on any atom is 0.103 e. The predicted molar refractivity (Wildman–Crippen MR) is 89.1 cm³/mol. The second-order valence-corrected chi connectivity index (χ2v) is 5.19. The van der Waals surface area contributed by atoms with Crippen LogP contribution in [0.1, 0.15) is 38.4 Å². The molecule has 0 fully saturated rings. The van der Waals surface area contributed by atoms with Gasteiger partial charge in [-0.1, -0.05) is 38.3 Å². The zero-order valence-electron chi connectivity index (χ0n) is 12.9. The molecule has 2 rings (SSSR count). The smallest absolute Gasteiger partial charge is 0.103 e. The van der Waals surface area contributed by atoms with Gasteiger partial charge < -0.3 is 10.3 Å². The van der Waals surface area contributed by atoms with Crippen molar-refractivity contribution in [3.63, 3.8) is 0 Å². The van der Waals surface area contributed by atoms with E-state index in [0.29, 0.717) is 0 Å². The van der Waals surface area contributed by atoms with Crippen molar-refractivity contribution in [2.75, 3.05) is 6.54 Å². The first kappa shape index (κ1) is 15.3. The molecule has 0 amide bonds. The van der Waals surface area contributed by atoms with Crippen molar-refractivity contribution in [1.82, 2.24) is 15.3 Å². The van der Waals surface area contributed by atoms with E-state index in [4.69, 9.17) is 0 Å². The molecule has 4 nitrogen and oxygen atoms in total. The fourth-order valence-corrected chi connectivity index (χ4v) is 2.12. The maximum absolute atomic E-state index is 4.42. The first-order valence-corrected chi connectivity index (χ1v) is 7.68. The minimum Gasteiger partial charge on any atom is -0.376 e. The lowest BCUT2D eigenvalue weighted by Gasteiger charge is -2.00. The van der Waals surface area contributed by atoms with Gasteiger partial charge in [0.1, 0.15) is 5.82 Å². The van der Waals surface area contributed by atoms with Gasteiger partial charge in [-0.2, -0.15) is 0 Å². The number of aliphatic imine (C=N–C) groups is 1. The van der Waals surface area contributed by atoms with Gasteiger partial charge in [0, 0.05) is 18.3 Å². The van der Waals surface area contributed by atoms with Gasteiger partial charge in [-0.15, -0.1) is 0 Å². The van der Waals surface area contributed by atoms with Crippen LogP contribution in [-0.2, 0) is 0 Å². The third kappa shape index (κ3) is 5.06. The number of benzene rings is 1. The van der Waals surface area contributed by atoms with Gasteiger partial charge in [-0.25, -0.2) is 9.98 Å². The molecule has 1 aromatic heterocycles. The second-order valence-electron chi connectivity index (χ2n) is 5.19. The molecule has 21 heavy (non-hydrogen) atoms. The Kier molecular flexibility index (Phi) is 6.00. The first-order chi connectivity index (χ1) is 10.3. The quantitative estimate of drug-likeness (QED) is 0.433. The van der Waals surface area contributed by atoms with Gasteiger partial charge in [0.05, 0.1) is 17.7 Å². The lowest BCUT2D eigenvalue weighted by Crippen LogP contribution is -2.12. The number of nitrogens with one attached hydrogen (secondary N) is 2. The molecule has 0 unspecified atom stereocenters. The summed E-state index contributed by atoms with van der Waals surface area (Å²) < 4.78 is 0. The molecule has 1 heterocycles. The monoisotopic (exact) mass is 284 g/mol. The normalized spacial score (nSPS) is 11.1. The highest BCUT2D eigenvalue weighted by Gasteiger charge is 2.00. The minimum absolute atomic E-state index is 0.930. The van der Waals surface area contributed by atoms with Crippen molar-refractivity contribution in [2.24, 2.45) is 4.99 Å². The first-order valence-electron chi connectivity index (χ1n) is 7.68. The van der Waals surface area contributed by atoms with Crippen molar-refractivity contribution in [3.05, 3.63) is 36.3 Å². The molecule has 0 saturated heterocycles. The van der Waals surface area contributed by atoms with E-state index in [-0.39, 0.29) is 0 Å². The second kappa shape index (κ2) is 8.25. The van der Waals surface area contributed by atoms with Crippen LogP contribution >= 0.6 is 0 Å². The third-order valence-corrected chi connectivity index (χ3v) is 3.35. The van der Waals surface area contributed by atoms with E-state index in [0.717, 1.165) is 29.3 Å². The largest absolute Gasteiger partial charge is 0.376 e. The van der Waals surface area contributed by atoms with E-state index in [1.807, 2.05) is 37.4 Å². The Hall–Kier alpha value is -2.10. The summed E-state index contributed by atoms with van der Waals surface area (Å²) in [5.41, 5.74) is 3.02. The van der Waals surface area contributed by atoms with Crippen molar-refractivity contribution in [2.45, 2.75) is 39.5 Å². The fourth-order valence-electron chi connectivity index (χ4n) is 2.12. The Balaban J connectivity index is 1.79. The molecule has 112 valence electrons. The van der Waals surface area contributed by atoms with E-state index in [2.05, 4.69) is 27.2 Å². The molecule has 0 bridgehead atoms. The Labute approximate surface area is 126 Å². The van der Waals surface area contributed by atoms with E-state index < -0.39 is 0 Å². The maximum atomic E-state index is 4.42. The number of hydrogen-bond acceptors (Lipinski definition) is 2. The summed E-state index contributed by atoms with van der Waals surface area (Å²) in [4.78, 5) is 11.9. The molecule has 0 aliphatic heterocycles. The van der Waals surface area contributed by atoms with Crippen LogP contribution in [0.4, 0.5) is 5.69 Å². The van der Waals surface area contributed by atoms with Gasteiger partial charge >= 0.3 is 0 Å². The summed E-state index contributed by atoms with van der Waals surface area (Å²) >= 11 is 0. The van der Waals surface area contributed by atoms with E-state index in [1.54, 1.807) is 6.34 Å². The van der Waals surface area contributed by atoms with Crippen LogP contribution in [0.15, 0.2) is 35.5 Å². The zero-order chi connectivity index (χ0) is 14.9. The van der Waals surface area contributed by atoms with Crippen LogP contribution in [0.3, 0.4) is 0 Å². The van der Waals surface area contributed by atoms with Gasteiger partial charge in [-0.3, -0.25) is 0 Å². The number of aryl methyl sites for hydroxylation is 1. The zero-order valence-corrected chi connectivity index (χ0v) is 12.9. The molecule has 2 aromatic rings. The van der Waals surface area contributed by atoms with Gasteiger partial charge in [-0.05, 0) is 25.5 Å². The SMILES string of the molecule is CCCCCCN/C=N\c1ccc(-c2c[nH]c(C)n2)cc1. The van der Waals surface area contributed by atoms with Gasteiger partial charge in [0.25, 0.3) is 0 Å². The Morgan fingerprint density at radius 2 is 2.00 bits per heavy atom.